The fraction of sp³-hybridized carbons (Fsp3) is 0.0800. The Bertz CT molecular complexity index is 1490. The topological polar surface area (TPSA) is 52.7 Å². The van der Waals surface area contributed by atoms with Gasteiger partial charge in [-0.3, -0.25) is 9.78 Å². The Morgan fingerprint density at radius 1 is 0.879 bits per heavy atom. The van der Waals surface area contributed by atoms with Gasteiger partial charge in [-0.05, 0) is 48.5 Å². The van der Waals surface area contributed by atoms with Crippen LogP contribution in [0.3, 0.4) is 0 Å². The Morgan fingerprint density at radius 3 is 2.33 bits per heavy atom. The van der Waals surface area contributed by atoms with E-state index >= 15 is 0 Å². The smallest absolute Gasteiger partial charge is 0.309 e. The average Bonchev–Trinajstić information content (AvgIpc) is 3.20. The van der Waals surface area contributed by atoms with Crippen LogP contribution in [0.2, 0.25) is 0 Å². The maximum atomic E-state index is 13.0. The third kappa shape index (κ3) is 4.03. The van der Waals surface area contributed by atoms with Crippen molar-refractivity contribution < 1.29 is 13.2 Å². The molecule has 0 radical (unpaired) electrons. The maximum absolute atomic E-state index is 13.0. The summed E-state index contributed by atoms with van der Waals surface area (Å²) in [5.41, 5.74) is 2.26. The standard InChI is InChI=1S/C25H17F3N4O/c26-25(27,28)18-8-10-20(11-9-18)32-22-7-2-1-6-21(22)24(30-32)17-12-14-31(23(33)15-17)16-19-5-3-4-13-29-19/h1-15H,16H2. The summed E-state index contributed by atoms with van der Waals surface area (Å²) in [6, 6.07) is 21.1. The van der Waals surface area contributed by atoms with E-state index in [4.69, 9.17) is 0 Å². The van der Waals surface area contributed by atoms with Gasteiger partial charge < -0.3 is 4.57 Å². The number of rotatable bonds is 4. The van der Waals surface area contributed by atoms with E-state index in [0.29, 0.717) is 23.5 Å². The molecule has 0 saturated carbocycles. The largest absolute Gasteiger partial charge is 0.416 e. The molecule has 0 bridgehead atoms. The molecule has 33 heavy (non-hydrogen) atoms. The van der Waals surface area contributed by atoms with Crippen molar-refractivity contribution in [1.29, 1.82) is 0 Å². The van der Waals surface area contributed by atoms with Crippen LogP contribution in [0.4, 0.5) is 13.2 Å². The van der Waals surface area contributed by atoms with Crippen LogP contribution >= 0.6 is 0 Å². The van der Waals surface area contributed by atoms with Crippen molar-refractivity contribution in [1.82, 2.24) is 19.3 Å². The lowest BCUT2D eigenvalue weighted by Crippen LogP contribution is -2.19. The van der Waals surface area contributed by atoms with Gasteiger partial charge in [-0.1, -0.05) is 24.3 Å². The van der Waals surface area contributed by atoms with E-state index in [-0.39, 0.29) is 5.56 Å². The van der Waals surface area contributed by atoms with Gasteiger partial charge in [0.1, 0.15) is 5.69 Å². The summed E-state index contributed by atoms with van der Waals surface area (Å²) in [6.45, 7) is 0.348. The zero-order chi connectivity index (χ0) is 23.0. The molecule has 8 heteroatoms. The lowest BCUT2D eigenvalue weighted by molar-refractivity contribution is -0.137. The van der Waals surface area contributed by atoms with Gasteiger partial charge in [0, 0.05) is 29.4 Å². The fourth-order valence-electron chi connectivity index (χ4n) is 3.72. The Balaban J connectivity index is 1.56. The number of halogens is 3. The highest BCUT2D eigenvalue weighted by Crippen LogP contribution is 2.32. The van der Waals surface area contributed by atoms with Crippen LogP contribution in [-0.4, -0.2) is 19.3 Å². The highest BCUT2D eigenvalue weighted by molar-refractivity contribution is 5.94. The first kappa shape index (κ1) is 20.7. The molecule has 164 valence electrons. The molecule has 0 saturated heterocycles. The van der Waals surface area contributed by atoms with Gasteiger partial charge in [0.05, 0.1) is 29.0 Å². The molecule has 3 aromatic heterocycles. The van der Waals surface area contributed by atoms with E-state index in [1.807, 2.05) is 42.5 Å². The van der Waals surface area contributed by atoms with Crippen molar-refractivity contribution in [2.45, 2.75) is 12.7 Å². The molecular weight excluding hydrogens is 429 g/mol. The van der Waals surface area contributed by atoms with Gasteiger partial charge in [0.2, 0.25) is 0 Å². The van der Waals surface area contributed by atoms with E-state index in [1.54, 1.807) is 27.7 Å². The molecule has 0 aliphatic heterocycles. The van der Waals surface area contributed by atoms with Gasteiger partial charge in [-0.25, -0.2) is 4.68 Å². The van der Waals surface area contributed by atoms with Crippen LogP contribution in [0.25, 0.3) is 27.8 Å². The fourth-order valence-corrected chi connectivity index (χ4v) is 3.72. The zero-order valence-electron chi connectivity index (χ0n) is 17.2. The molecule has 0 atom stereocenters. The molecule has 2 aromatic carbocycles. The minimum Gasteiger partial charge on any atom is -0.309 e. The normalized spacial score (nSPS) is 11.7. The number of para-hydroxylation sites is 1. The summed E-state index contributed by atoms with van der Waals surface area (Å²) in [5.74, 6) is 0. The lowest BCUT2D eigenvalue weighted by atomic mass is 10.1. The van der Waals surface area contributed by atoms with Gasteiger partial charge in [-0.15, -0.1) is 0 Å². The predicted molar refractivity (Wildman–Crippen MR) is 119 cm³/mol. The van der Waals surface area contributed by atoms with Crippen molar-refractivity contribution in [3.63, 3.8) is 0 Å². The molecule has 0 aliphatic carbocycles. The van der Waals surface area contributed by atoms with E-state index in [0.717, 1.165) is 28.7 Å². The van der Waals surface area contributed by atoms with Gasteiger partial charge in [-0.2, -0.15) is 18.3 Å². The van der Waals surface area contributed by atoms with Gasteiger partial charge in [0.15, 0.2) is 0 Å². The average molecular weight is 446 g/mol. The Labute approximate surface area is 186 Å². The van der Waals surface area contributed by atoms with E-state index in [9.17, 15) is 18.0 Å². The zero-order valence-corrected chi connectivity index (χ0v) is 17.2. The van der Waals surface area contributed by atoms with Crippen molar-refractivity contribution >= 4 is 10.9 Å². The molecule has 0 unspecified atom stereocenters. The second-order valence-electron chi connectivity index (χ2n) is 7.52. The third-order valence-corrected chi connectivity index (χ3v) is 5.35. The van der Waals surface area contributed by atoms with E-state index in [1.165, 1.54) is 18.2 Å². The molecule has 5 nitrogen and oxygen atoms in total. The quantitative estimate of drug-likeness (QED) is 0.376. The molecule has 5 rings (SSSR count). The molecule has 0 aliphatic rings. The number of nitrogens with zero attached hydrogens (tertiary/aromatic N) is 4. The lowest BCUT2D eigenvalue weighted by Gasteiger charge is -2.08. The number of hydrogen-bond donors (Lipinski definition) is 0. The summed E-state index contributed by atoms with van der Waals surface area (Å²) in [5, 5.41) is 5.44. The predicted octanol–water partition coefficient (Wildman–Crippen LogP) is 5.32. The minimum absolute atomic E-state index is 0.202. The Morgan fingerprint density at radius 2 is 1.64 bits per heavy atom. The monoisotopic (exact) mass is 446 g/mol. The number of aromatic nitrogens is 4. The van der Waals surface area contributed by atoms with Crippen LogP contribution < -0.4 is 5.56 Å². The molecule has 0 spiro atoms. The maximum Gasteiger partial charge on any atom is 0.416 e. The number of hydrogen-bond acceptors (Lipinski definition) is 3. The summed E-state index contributed by atoms with van der Waals surface area (Å²) in [4.78, 5) is 17.0. The van der Waals surface area contributed by atoms with E-state index < -0.39 is 11.7 Å². The van der Waals surface area contributed by atoms with Crippen LogP contribution in [-0.2, 0) is 12.7 Å². The summed E-state index contributed by atoms with van der Waals surface area (Å²) in [6.07, 6.45) is -1.04. The second-order valence-corrected chi connectivity index (χ2v) is 7.52. The first-order valence-corrected chi connectivity index (χ1v) is 10.2. The Kier molecular flexibility index (Phi) is 5.05. The van der Waals surface area contributed by atoms with Gasteiger partial charge >= 0.3 is 6.18 Å². The summed E-state index contributed by atoms with van der Waals surface area (Å²) >= 11 is 0. The molecule has 5 aromatic rings. The second kappa shape index (κ2) is 8.05. The minimum atomic E-state index is -4.41. The third-order valence-electron chi connectivity index (χ3n) is 5.35. The van der Waals surface area contributed by atoms with Crippen LogP contribution in [0.15, 0.2) is 96.1 Å². The van der Waals surface area contributed by atoms with E-state index in [2.05, 4.69) is 10.1 Å². The summed E-state index contributed by atoms with van der Waals surface area (Å²) < 4.78 is 42.0. The van der Waals surface area contributed by atoms with Crippen molar-refractivity contribution in [2.75, 3.05) is 0 Å². The molecular formula is C25H17F3N4O. The number of pyridine rings is 2. The summed E-state index contributed by atoms with van der Waals surface area (Å²) in [7, 11) is 0. The molecule has 3 heterocycles. The SMILES string of the molecule is O=c1cc(-c2nn(-c3ccc(C(F)(F)F)cc3)c3ccccc23)ccn1Cc1ccccn1. The van der Waals surface area contributed by atoms with Crippen molar-refractivity contribution in [2.24, 2.45) is 0 Å². The van der Waals surface area contributed by atoms with Crippen molar-refractivity contribution in [3.05, 3.63) is 113 Å². The van der Waals surface area contributed by atoms with Crippen molar-refractivity contribution in [3.8, 4) is 16.9 Å². The van der Waals surface area contributed by atoms with Crippen LogP contribution in [0, 0.1) is 0 Å². The highest BCUT2D eigenvalue weighted by atomic mass is 19.4. The first-order valence-electron chi connectivity index (χ1n) is 10.2. The first-order chi connectivity index (χ1) is 15.9. The van der Waals surface area contributed by atoms with Gasteiger partial charge in [0.25, 0.3) is 5.56 Å². The number of alkyl halides is 3. The molecule has 0 fully saturated rings. The molecule has 0 N–H and O–H groups in total. The Hall–Kier alpha value is -4.20. The highest BCUT2D eigenvalue weighted by Gasteiger charge is 2.30. The van der Waals surface area contributed by atoms with Crippen LogP contribution in [0.5, 0.6) is 0 Å². The van der Waals surface area contributed by atoms with Crippen LogP contribution in [0.1, 0.15) is 11.3 Å². The number of fused-ring (bicyclic) bond motifs is 1. The number of benzene rings is 2. The molecule has 0 amide bonds.